The van der Waals surface area contributed by atoms with Crippen molar-refractivity contribution in [3.63, 3.8) is 0 Å². The molecule has 0 spiro atoms. The lowest BCUT2D eigenvalue weighted by atomic mass is 9.86. The summed E-state index contributed by atoms with van der Waals surface area (Å²) in [4.78, 5) is 0. The van der Waals surface area contributed by atoms with Crippen molar-refractivity contribution in [2.45, 2.75) is 38.7 Å². The Morgan fingerprint density at radius 3 is 2.74 bits per heavy atom. The summed E-state index contributed by atoms with van der Waals surface area (Å²) in [6.07, 6.45) is 0.473. The van der Waals surface area contributed by atoms with E-state index in [2.05, 4.69) is 26.8 Å². The summed E-state index contributed by atoms with van der Waals surface area (Å²) in [6.45, 7) is 8.22. The Hall–Kier alpha value is -1.06. The number of ether oxygens (including phenoxy) is 2. The van der Waals surface area contributed by atoms with Gasteiger partial charge in [0.15, 0.2) is 0 Å². The molecule has 0 radical (unpaired) electrons. The highest BCUT2D eigenvalue weighted by Crippen LogP contribution is 2.31. The van der Waals surface area contributed by atoms with Gasteiger partial charge in [-0.25, -0.2) is 0 Å². The lowest BCUT2D eigenvalue weighted by molar-refractivity contribution is 0.0493. The number of benzene rings is 1. The highest BCUT2D eigenvalue weighted by molar-refractivity contribution is 5.38. The van der Waals surface area contributed by atoms with E-state index in [1.54, 1.807) is 0 Å². The molecule has 19 heavy (non-hydrogen) atoms. The van der Waals surface area contributed by atoms with E-state index in [1.807, 2.05) is 18.2 Å². The molecular formula is C16H24O3. The second-order valence-electron chi connectivity index (χ2n) is 6.25. The van der Waals surface area contributed by atoms with E-state index >= 15 is 0 Å². The Morgan fingerprint density at radius 2 is 2.11 bits per heavy atom. The molecule has 1 aliphatic heterocycles. The van der Waals surface area contributed by atoms with Crippen LogP contribution in [0, 0.1) is 5.92 Å². The van der Waals surface area contributed by atoms with Gasteiger partial charge in [0.1, 0.15) is 12.4 Å². The van der Waals surface area contributed by atoms with Crippen LogP contribution in [-0.4, -0.2) is 31.0 Å². The van der Waals surface area contributed by atoms with Gasteiger partial charge in [0.25, 0.3) is 0 Å². The summed E-state index contributed by atoms with van der Waals surface area (Å²) in [6, 6.07) is 8.04. The van der Waals surface area contributed by atoms with Gasteiger partial charge in [0.05, 0.1) is 12.7 Å². The lowest BCUT2D eigenvalue weighted by Crippen LogP contribution is -2.28. The van der Waals surface area contributed by atoms with Crippen LogP contribution in [0.15, 0.2) is 24.3 Å². The van der Waals surface area contributed by atoms with Crippen LogP contribution in [0.25, 0.3) is 0 Å². The molecule has 1 heterocycles. The zero-order valence-corrected chi connectivity index (χ0v) is 12.1. The molecule has 1 fully saturated rings. The number of hydrogen-bond acceptors (Lipinski definition) is 3. The SMILES string of the molecule is CC(C)(C)c1ccccc1OCC(O)C1CCOC1. The molecule has 3 nitrogen and oxygen atoms in total. The van der Waals surface area contributed by atoms with Crippen molar-refractivity contribution in [3.05, 3.63) is 29.8 Å². The first-order chi connectivity index (χ1) is 8.98. The average Bonchev–Trinajstić information content (AvgIpc) is 2.89. The first kappa shape index (κ1) is 14.4. The summed E-state index contributed by atoms with van der Waals surface area (Å²) in [7, 11) is 0. The highest BCUT2D eigenvalue weighted by Gasteiger charge is 2.25. The molecule has 0 aliphatic carbocycles. The molecule has 0 amide bonds. The second-order valence-corrected chi connectivity index (χ2v) is 6.25. The molecule has 1 aromatic rings. The minimum absolute atomic E-state index is 0.0397. The third kappa shape index (κ3) is 3.71. The van der Waals surface area contributed by atoms with Crippen molar-refractivity contribution in [1.29, 1.82) is 0 Å². The first-order valence-corrected chi connectivity index (χ1v) is 6.96. The Morgan fingerprint density at radius 1 is 1.37 bits per heavy atom. The normalized spacial score (nSPS) is 21.4. The molecule has 3 heteroatoms. The molecule has 0 bridgehead atoms. The summed E-state index contributed by atoms with van der Waals surface area (Å²) in [5.41, 5.74) is 1.21. The van der Waals surface area contributed by atoms with Crippen LogP contribution in [0.2, 0.25) is 0 Å². The van der Waals surface area contributed by atoms with Gasteiger partial charge in [0, 0.05) is 12.5 Å². The smallest absolute Gasteiger partial charge is 0.123 e. The maximum absolute atomic E-state index is 10.1. The van der Waals surface area contributed by atoms with E-state index in [0.29, 0.717) is 13.2 Å². The van der Waals surface area contributed by atoms with Crippen LogP contribution in [-0.2, 0) is 10.2 Å². The molecule has 0 saturated carbocycles. The van der Waals surface area contributed by atoms with Gasteiger partial charge in [-0.15, -0.1) is 0 Å². The predicted molar refractivity (Wildman–Crippen MR) is 75.6 cm³/mol. The number of rotatable bonds is 4. The van der Waals surface area contributed by atoms with Crippen LogP contribution < -0.4 is 4.74 Å². The zero-order valence-electron chi connectivity index (χ0n) is 12.1. The van der Waals surface area contributed by atoms with Gasteiger partial charge in [-0.1, -0.05) is 39.0 Å². The van der Waals surface area contributed by atoms with Crippen molar-refractivity contribution in [2.75, 3.05) is 19.8 Å². The Bertz CT molecular complexity index is 403. The fourth-order valence-electron chi connectivity index (χ4n) is 2.38. The second kappa shape index (κ2) is 5.93. The molecule has 2 atom stereocenters. The van der Waals surface area contributed by atoms with E-state index < -0.39 is 6.10 Å². The van der Waals surface area contributed by atoms with Crippen LogP contribution in [0.1, 0.15) is 32.8 Å². The molecule has 1 saturated heterocycles. The minimum atomic E-state index is -0.449. The summed E-state index contributed by atoms with van der Waals surface area (Å²) < 4.78 is 11.1. The number of hydrogen-bond donors (Lipinski definition) is 1. The number of para-hydroxylation sites is 1. The van der Waals surface area contributed by atoms with E-state index in [1.165, 1.54) is 5.56 Å². The van der Waals surface area contributed by atoms with Gasteiger partial charge >= 0.3 is 0 Å². The molecular weight excluding hydrogens is 240 g/mol. The first-order valence-electron chi connectivity index (χ1n) is 6.96. The van der Waals surface area contributed by atoms with Crippen LogP contribution in [0.4, 0.5) is 0 Å². The minimum Gasteiger partial charge on any atom is -0.491 e. The van der Waals surface area contributed by atoms with Crippen molar-refractivity contribution < 1.29 is 14.6 Å². The Kier molecular flexibility index (Phi) is 4.48. The molecule has 106 valence electrons. The summed E-state index contributed by atoms with van der Waals surface area (Å²) in [5.74, 6) is 1.08. The molecule has 1 aliphatic rings. The van der Waals surface area contributed by atoms with Crippen LogP contribution in [0.5, 0.6) is 5.75 Å². The molecule has 2 rings (SSSR count). The number of aliphatic hydroxyl groups is 1. The van der Waals surface area contributed by atoms with Crippen molar-refractivity contribution in [2.24, 2.45) is 5.92 Å². The maximum atomic E-state index is 10.1. The van der Waals surface area contributed by atoms with E-state index in [-0.39, 0.29) is 11.3 Å². The van der Waals surface area contributed by atoms with Gasteiger partial charge in [-0.05, 0) is 23.5 Å². The summed E-state index contributed by atoms with van der Waals surface area (Å²) >= 11 is 0. The van der Waals surface area contributed by atoms with E-state index in [9.17, 15) is 5.11 Å². The molecule has 1 N–H and O–H groups in total. The van der Waals surface area contributed by atoms with Gasteiger partial charge < -0.3 is 14.6 Å². The van der Waals surface area contributed by atoms with Crippen molar-refractivity contribution in [3.8, 4) is 5.75 Å². The van der Waals surface area contributed by atoms with Crippen molar-refractivity contribution >= 4 is 0 Å². The average molecular weight is 264 g/mol. The van der Waals surface area contributed by atoms with E-state index in [0.717, 1.165) is 18.8 Å². The molecule has 2 unspecified atom stereocenters. The van der Waals surface area contributed by atoms with Crippen LogP contribution in [0.3, 0.4) is 0 Å². The third-order valence-electron chi connectivity index (χ3n) is 3.61. The highest BCUT2D eigenvalue weighted by atomic mass is 16.5. The van der Waals surface area contributed by atoms with Crippen LogP contribution >= 0.6 is 0 Å². The monoisotopic (exact) mass is 264 g/mol. The number of aliphatic hydroxyl groups excluding tert-OH is 1. The standard InChI is InChI=1S/C16H24O3/c1-16(2,3)13-6-4-5-7-15(13)19-11-14(17)12-8-9-18-10-12/h4-7,12,14,17H,8-11H2,1-3H3. The van der Waals surface area contributed by atoms with Gasteiger partial charge in [-0.2, -0.15) is 0 Å². The Labute approximate surface area is 115 Å². The maximum Gasteiger partial charge on any atom is 0.123 e. The summed E-state index contributed by atoms with van der Waals surface area (Å²) in [5, 5.41) is 10.1. The fraction of sp³-hybridized carbons (Fsp3) is 0.625. The van der Waals surface area contributed by atoms with Gasteiger partial charge in [0.2, 0.25) is 0 Å². The topological polar surface area (TPSA) is 38.7 Å². The van der Waals surface area contributed by atoms with E-state index in [4.69, 9.17) is 9.47 Å². The third-order valence-corrected chi connectivity index (χ3v) is 3.61. The molecule has 0 aromatic heterocycles. The predicted octanol–water partition coefficient (Wildman–Crippen LogP) is 2.76. The Balaban J connectivity index is 1.99. The lowest BCUT2D eigenvalue weighted by Gasteiger charge is -2.24. The zero-order chi connectivity index (χ0) is 13.9. The quantitative estimate of drug-likeness (QED) is 0.909. The fourth-order valence-corrected chi connectivity index (χ4v) is 2.38. The molecule has 1 aromatic carbocycles. The largest absolute Gasteiger partial charge is 0.491 e. The van der Waals surface area contributed by atoms with Gasteiger partial charge in [-0.3, -0.25) is 0 Å². The van der Waals surface area contributed by atoms with Crippen molar-refractivity contribution in [1.82, 2.24) is 0 Å².